The topological polar surface area (TPSA) is 55.5 Å². The first kappa shape index (κ1) is 12.5. The molecule has 1 rings (SSSR count). The molecular weight excluding hydrogens is 258 g/mol. The van der Waals surface area contributed by atoms with Crippen LogP contribution >= 0.6 is 15.9 Å². The zero-order valence-corrected chi connectivity index (χ0v) is 10.8. The Kier molecular flexibility index (Phi) is 4.13. The molecular formula is C11H16BrNO2. The lowest BCUT2D eigenvalue weighted by atomic mass is 9.99. The van der Waals surface area contributed by atoms with Gasteiger partial charge in [0.25, 0.3) is 0 Å². The Morgan fingerprint density at radius 3 is 2.60 bits per heavy atom. The molecule has 0 saturated heterocycles. The molecule has 0 aliphatic rings. The zero-order valence-electron chi connectivity index (χ0n) is 9.17. The molecule has 0 aliphatic heterocycles. The minimum atomic E-state index is -0.658. The van der Waals surface area contributed by atoms with E-state index < -0.39 is 6.10 Å². The van der Waals surface area contributed by atoms with Crippen molar-refractivity contribution in [1.82, 2.24) is 0 Å². The maximum absolute atomic E-state index is 9.79. The molecule has 1 unspecified atom stereocenters. The minimum Gasteiger partial charge on any atom is -0.496 e. The molecule has 0 amide bonds. The lowest BCUT2D eigenvalue weighted by Crippen LogP contribution is -2.14. The van der Waals surface area contributed by atoms with E-state index in [0.29, 0.717) is 0 Å². The van der Waals surface area contributed by atoms with Crippen LogP contribution in [0.3, 0.4) is 0 Å². The summed E-state index contributed by atoms with van der Waals surface area (Å²) in [6, 6.07) is 1.93. The van der Waals surface area contributed by atoms with Crippen LogP contribution in [0.25, 0.3) is 0 Å². The molecule has 1 atom stereocenters. The predicted octanol–water partition coefficient (Wildman–Crippen LogP) is 2.07. The number of ether oxygens (including phenoxy) is 1. The summed E-state index contributed by atoms with van der Waals surface area (Å²) >= 11 is 3.43. The highest BCUT2D eigenvalue weighted by molar-refractivity contribution is 9.10. The number of nitrogens with two attached hydrogens (primary N) is 1. The molecule has 0 saturated carbocycles. The van der Waals surface area contributed by atoms with Crippen molar-refractivity contribution >= 4 is 15.9 Å². The van der Waals surface area contributed by atoms with Gasteiger partial charge in [-0.2, -0.15) is 0 Å². The quantitative estimate of drug-likeness (QED) is 0.887. The number of aryl methyl sites for hydroxylation is 1. The van der Waals surface area contributed by atoms with Gasteiger partial charge in [0.05, 0.1) is 13.2 Å². The molecule has 4 heteroatoms. The van der Waals surface area contributed by atoms with Crippen molar-refractivity contribution in [2.75, 3.05) is 13.7 Å². The number of methoxy groups -OCH3 is 1. The third-order valence-corrected chi connectivity index (χ3v) is 3.12. The fourth-order valence-corrected chi connectivity index (χ4v) is 2.68. The van der Waals surface area contributed by atoms with Gasteiger partial charge in [-0.05, 0) is 31.0 Å². The number of hydrogen-bond acceptors (Lipinski definition) is 3. The van der Waals surface area contributed by atoms with Crippen molar-refractivity contribution in [2.45, 2.75) is 20.0 Å². The van der Waals surface area contributed by atoms with Crippen molar-refractivity contribution in [3.05, 3.63) is 27.2 Å². The molecule has 0 radical (unpaired) electrons. The van der Waals surface area contributed by atoms with Crippen LogP contribution in [0.1, 0.15) is 22.8 Å². The van der Waals surface area contributed by atoms with Crippen molar-refractivity contribution in [1.29, 1.82) is 0 Å². The van der Waals surface area contributed by atoms with Crippen LogP contribution < -0.4 is 10.5 Å². The fraction of sp³-hybridized carbons (Fsp3) is 0.455. The molecule has 0 fully saturated rings. The van der Waals surface area contributed by atoms with Crippen LogP contribution in [0.15, 0.2) is 10.5 Å². The Morgan fingerprint density at radius 1 is 1.53 bits per heavy atom. The third-order valence-electron chi connectivity index (χ3n) is 2.46. The molecule has 84 valence electrons. The fourth-order valence-electron chi connectivity index (χ4n) is 1.77. The second-order valence-electron chi connectivity index (χ2n) is 3.50. The average Bonchev–Trinajstić information content (AvgIpc) is 2.17. The van der Waals surface area contributed by atoms with Gasteiger partial charge >= 0.3 is 0 Å². The van der Waals surface area contributed by atoms with Gasteiger partial charge in [0.1, 0.15) is 5.75 Å². The largest absolute Gasteiger partial charge is 0.496 e. The molecule has 1 aromatic carbocycles. The summed E-state index contributed by atoms with van der Waals surface area (Å²) in [6.07, 6.45) is -0.658. The molecule has 0 aliphatic carbocycles. The van der Waals surface area contributed by atoms with E-state index in [1.54, 1.807) is 7.11 Å². The molecule has 3 nitrogen and oxygen atoms in total. The van der Waals surface area contributed by atoms with E-state index in [9.17, 15) is 5.11 Å². The summed E-state index contributed by atoms with van der Waals surface area (Å²) in [4.78, 5) is 0. The van der Waals surface area contributed by atoms with Gasteiger partial charge in [0, 0.05) is 16.6 Å². The standard InChI is InChI=1S/C11H16BrNO2/c1-6-4-8(12)10(9(14)5-13)7(2)11(6)15-3/h4,9,14H,5,13H2,1-3H3. The van der Waals surface area contributed by atoms with Gasteiger partial charge in [0.15, 0.2) is 0 Å². The smallest absolute Gasteiger partial charge is 0.125 e. The Labute approximate surface area is 98.4 Å². The van der Waals surface area contributed by atoms with Gasteiger partial charge in [-0.15, -0.1) is 0 Å². The van der Waals surface area contributed by atoms with Crippen LogP contribution in [-0.2, 0) is 0 Å². The summed E-state index contributed by atoms with van der Waals surface area (Å²) in [5, 5.41) is 9.79. The highest BCUT2D eigenvalue weighted by Crippen LogP contribution is 2.35. The number of rotatable bonds is 3. The maximum atomic E-state index is 9.79. The average molecular weight is 274 g/mol. The van der Waals surface area contributed by atoms with E-state index in [-0.39, 0.29) is 6.54 Å². The summed E-state index contributed by atoms with van der Waals surface area (Å²) in [6.45, 7) is 4.09. The van der Waals surface area contributed by atoms with Gasteiger partial charge < -0.3 is 15.6 Å². The van der Waals surface area contributed by atoms with Crippen molar-refractivity contribution in [3.63, 3.8) is 0 Å². The lowest BCUT2D eigenvalue weighted by Gasteiger charge is -2.18. The Hall–Kier alpha value is -0.580. The SMILES string of the molecule is COc1c(C)cc(Br)c(C(O)CN)c1C. The minimum absolute atomic E-state index is 0.200. The number of halogens is 1. The van der Waals surface area contributed by atoms with Gasteiger partial charge in [0.2, 0.25) is 0 Å². The first-order valence-corrected chi connectivity index (χ1v) is 5.54. The van der Waals surface area contributed by atoms with Crippen molar-refractivity contribution < 1.29 is 9.84 Å². The number of benzene rings is 1. The number of aliphatic hydroxyl groups excluding tert-OH is 1. The monoisotopic (exact) mass is 273 g/mol. The molecule has 1 aromatic rings. The van der Waals surface area contributed by atoms with E-state index in [1.807, 2.05) is 19.9 Å². The van der Waals surface area contributed by atoms with Crippen LogP contribution in [0.4, 0.5) is 0 Å². The van der Waals surface area contributed by atoms with Gasteiger partial charge in [-0.1, -0.05) is 15.9 Å². The normalized spacial score (nSPS) is 12.7. The van der Waals surface area contributed by atoms with E-state index in [4.69, 9.17) is 10.5 Å². The van der Waals surface area contributed by atoms with Gasteiger partial charge in [-0.25, -0.2) is 0 Å². The molecule has 0 spiro atoms. The first-order valence-electron chi connectivity index (χ1n) is 4.74. The second kappa shape index (κ2) is 4.96. The van der Waals surface area contributed by atoms with Crippen LogP contribution in [0.5, 0.6) is 5.75 Å². The van der Waals surface area contributed by atoms with Crippen LogP contribution in [0.2, 0.25) is 0 Å². The van der Waals surface area contributed by atoms with E-state index in [0.717, 1.165) is 26.9 Å². The van der Waals surface area contributed by atoms with E-state index >= 15 is 0 Å². The second-order valence-corrected chi connectivity index (χ2v) is 4.35. The Morgan fingerprint density at radius 2 is 2.13 bits per heavy atom. The number of aliphatic hydroxyl groups is 1. The molecule has 3 N–H and O–H groups in total. The summed E-state index contributed by atoms with van der Waals surface area (Å²) in [7, 11) is 1.63. The molecule has 15 heavy (non-hydrogen) atoms. The summed E-state index contributed by atoms with van der Waals surface area (Å²) in [5.74, 6) is 0.806. The molecule has 0 bridgehead atoms. The summed E-state index contributed by atoms with van der Waals surface area (Å²) in [5.41, 5.74) is 8.23. The maximum Gasteiger partial charge on any atom is 0.125 e. The van der Waals surface area contributed by atoms with Crippen molar-refractivity contribution in [3.8, 4) is 5.75 Å². The molecule has 0 heterocycles. The third kappa shape index (κ3) is 2.33. The van der Waals surface area contributed by atoms with Crippen LogP contribution in [0, 0.1) is 13.8 Å². The highest BCUT2D eigenvalue weighted by Gasteiger charge is 2.17. The predicted molar refractivity (Wildman–Crippen MR) is 64.2 cm³/mol. The van der Waals surface area contributed by atoms with E-state index in [2.05, 4.69) is 15.9 Å². The van der Waals surface area contributed by atoms with Crippen molar-refractivity contribution in [2.24, 2.45) is 5.73 Å². The Balaban J connectivity index is 3.38. The number of hydrogen-bond donors (Lipinski definition) is 2. The van der Waals surface area contributed by atoms with Crippen LogP contribution in [-0.4, -0.2) is 18.8 Å². The zero-order chi connectivity index (χ0) is 11.6. The molecule has 0 aromatic heterocycles. The Bertz CT molecular complexity index is 366. The lowest BCUT2D eigenvalue weighted by molar-refractivity contribution is 0.184. The highest BCUT2D eigenvalue weighted by atomic mass is 79.9. The first-order chi connectivity index (χ1) is 7.02. The summed E-state index contributed by atoms with van der Waals surface area (Å²) < 4.78 is 6.16. The van der Waals surface area contributed by atoms with Gasteiger partial charge in [-0.3, -0.25) is 0 Å². The van der Waals surface area contributed by atoms with E-state index in [1.165, 1.54) is 0 Å².